The minimum atomic E-state index is 0.109. The van der Waals surface area contributed by atoms with Gasteiger partial charge in [-0.25, -0.2) is 0 Å². The van der Waals surface area contributed by atoms with Crippen molar-refractivity contribution in [3.05, 3.63) is 34.9 Å². The number of rotatable bonds is 8. The standard InChI is InChI=1S/C13H21ClN2O/c14-12-7-3-2-6-11(12)13(10-15)16-8-4-1-5-9-17/h2-3,6-7,13,16-17H,1,4-5,8-10,15H2. The van der Waals surface area contributed by atoms with Gasteiger partial charge in [0.15, 0.2) is 0 Å². The van der Waals surface area contributed by atoms with E-state index in [0.29, 0.717) is 6.54 Å². The van der Waals surface area contributed by atoms with E-state index < -0.39 is 0 Å². The van der Waals surface area contributed by atoms with E-state index in [1.165, 1.54) is 0 Å². The highest BCUT2D eigenvalue weighted by Gasteiger charge is 2.11. The van der Waals surface area contributed by atoms with Crippen LogP contribution in [-0.4, -0.2) is 24.8 Å². The van der Waals surface area contributed by atoms with Gasteiger partial charge >= 0.3 is 0 Å². The van der Waals surface area contributed by atoms with Gasteiger partial charge in [0.25, 0.3) is 0 Å². The van der Waals surface area contributed by atoms with Crippen molar-refractivity contribution in [1.82, 2.24) is 5.32 Å². The second-order valence-electron chi connectivity index (χ2n) is 4.05. The molecule has 0 aromatic heterocycles. The summed E-state index contributed by atoms with van der Waals surface area (Å²) in [5.74, 6) is 0. The predicted octanol–water partition coefficient (Wildman–Crippen LogP) is 2.09. The van der Waals surface area contributed by atoms with Gasteiger partial charge in [-0.15, -0.1) is 0 Å². The van der Waals surface area contributed by atoms with Crippen molar-refractivity contribution in [2.45, 2.75) is 25.3 Å². The molecule has 1 aromatic rings. The first-order valence-corrected chi connectivity index (χ1v) is 6.46. The molecule has 0 spiro atoms. The zero-order valence-corrected chi connectivity index (χ0v) is 10.8. The number of nitrogens with two attached hydrogens (primary N) is 1. The first-order chi connectivity index (χ1) is 8.29. The maximum atomic E-state index is 8.68. The summed E-state index contributed by atoms with van der Waals surface area (Å²) in [6.45, 7) is 1.70. The SMILES string of the molecule is NCC(NCCCCCO)c1ccccc1Cl. The number of hydrogen-bond donors (Lipinski definition) is 3. The van der Waals surface area contributed by atoms with Crippen LogP contribution < -0.4 is 11.1 Å². The molecule has 4 heteroatoms. The van der Waals surface area contributed by atoms with Gasteiger partial charge in [0.1, 0.15) is 0 Å². The van der Waals surface area contributed by atoms with Crippen LogP contribution in [0, 0.1) is 0 Å². The van der Waals surface area contributed by atoms with Gasteiger partial charge in [-0.2, -0.15) is 0 Å². The molecular formula is C13H21ClN2O. The van der Waals surface area contributed by atoms with Crippen LogP contribution in [-0.2, 0) is 0 Å². The van der Waals surface area contributed by atoms with E-state index in [1.54, 1.807) is 0 Å². The number of aliphatic hydroxyl groups is 1. The molecule has 4 N–H and O–H groups in total. The number of benzene rings is 1. The molecule has 3 nitrogen and oxygen atoms in total. The van der Waals surface area contributed by atoms with Gasteiger partial charge in [-0.1, -0.05) is 29.8 Å². The highest BCUT2D eigenvalue weighted by Crippen LogP contribution is 2.21. The summed E-state index contributed by atoms with van der Waals surface area (Å²) in [7, 11) is 0. The Bertz CT molecular complexity index is 320. The molecule has 0 aliphatic rings. The molecule has 0 aliphatic heterocycles. The van der Waals surface area contributed by atoms with E-state index in [-0.39, 0.29) is 12.6 Å². The number of nitrogens with one attached hydrogen (secondary N) is 1. The Labute approximate surface area is 108 Å². The number of halogens is 1. The smallest absolute Gasteiger partial charge is 0.0459 e. The molecule has 1 rings (SSSR count). The maximum absolute atomic E-state index is 8.68. The van der Waals surface area contributed by atoms with Crippen LogP contribution in [0.2, 0.25) is 5.02 Å². The molecule has 1 unspecified atom stereocenters. The van der Waals surface area contributed by atoms with E-state index >= 15 is 0 Å². The fourth-order valence-electron chi connectivity index (χ4n) is 1.77. The summed E-state index contributed by atoms with van der Waals surface area (Å²) in [6.07, 6.45) is 2.94. The van der Waals surface area contributed by atoms with Gasteiger partial charge in [0.05, 0.1) is 0 Å². The summed E-state index contributed by atoms with van der Waals surface area (Å²) < 4.78 is 0. The first-order valence-electron chi connectivity index (χ1n) is 6.08. The molecule has 0 saturated carbocycles. The Balaban J connectivity index is 2.41. The minimum absolute atomic E-state index is 0.109. The molecular weight excluding hydrogens is 236 g/mol. The Hall–Kier alpha value is -0.610. The molecule has 0 amide bonds. The molecule has 17 heavy (non-hydrogen) atoms. The highest BCUT2D eigenvalue weighted by atomic mass is 35.5. The zero-order valence-electron chi connectivity index (χ0n) is 10.0. The number of aliphatic hydroxyl groups excluding tert-OH is 1. The predicted molar refractivity (Wildman–Crippen MR) is 72.2 cm³/mol. The van der Waals surface area contributed by atoms with Crippen LogP contribution in [0.5, 0.6) is 0 Å². The lowest BCUT2D eigenvalue weighted by Gasteiger charge is -2.18. The monoisotopic (exact) mass is 256 g/mol. The third-order valence-electron chi connectivity index (χ3n) is 2.74. The van der Waals surface area contributed by atoms with Crippen LogP contribution in [0.1, 0.15) is 30.9 Å². The van der Waals surface area contributed by atoms with Crippen LogP contribution in [0.25, 0.3) is 0 Å². The van der Waals surface area contributed by atoms with Crippen LogP contribution in [0.4, 0.5) is 0 Å². The lowest BCUT2D eigenvalue weighted by molar-refractivity contribution is 0.282. The van der Waals surface area contributed by atoms with Crippen molar-refractivity contribution in [2.24, 2.45) is 5.73 Å². The van der Waals surface area contributed by atoms with Crippen molar-refractivity contribution in [2.75, 3.05) is 19.7 Å². The lowest BCUT2D eigenvalue weighted by Crippen LogP contribution is -2.29. The van der Waals surface area contributed by atoms with E-state index in [0.717, 1.165) is 36.4 Å². The summed E-state index contributed by atoms with van der Waals surface area (Å²) in [5.41, 5.74) is 6.81. The van der Waals surface area contributed by atoms with Gasteiger partial charge in [-0.3, -0.25) is 0 Å². The normalized spacial score (nSPS) is 12.6. The Kier molecular flexibility index (Phi) is 7.21. The summed E-state index contributed by atoms with van der Waals surface area (Å²) >= 11 is 6.13. The van der Waals surface area contributed by atoms with Gasteiger partial charge in [0.2, 0.25) is 0 Å². The fraction of sp³-hybridized carbons (Fsp3) is 0.538. The van der Waals surface area contributed by atoms with Crippen molar-refractivity contribution >= 4 is 11.6 Å². The molecule has 1 atom stereocenters. The second-order valence-corrected chi connectivity index (χ2v) is 4.46. The van der Waals surface area contributed by atoms with E-state index in [9.17, 15) is 0 Å². The number of hydrogen-bond acceptors (Lipinski definition) is 3. The van der Waals surface area contributed by atoms with Crippen LogP contribution >= 0.6 is 11.6 Å². The topological polar surface area (TPSA) is 58.3 Å². The quantitative estimate of drug-likeness (QED) is 0.625. The van der Waals surface area contributed by atoms with Crippen molar-refractivity contribution in [3.63, 3.8) is 0 Å². The summed E-state index contributed by atoms with van der Waals surface area (Å²) in [5, 5.41) is 12.8. The molecule has 0 saturated heterocycles. The molecule has 0 fully saturated rings. The van der Waals surface area contributed by atoms with E-state index in [1.807, 2.05) is 24.3 Å². The van der Waals surface area contributed by atoms with Crippen LogP contribution in [0.3, 0.4) is 0 Å². The Morgan fingerprint density at radius 1 is 1.24 bits per heavy atom. The average molecular weight is 257 g/mol. The van der Waals surface area contributed by atoms with Crippen molar-refractivity contribution in [1.29, 1.82) is 0 Å². The Morgan fingerprint density at radius 2 is 2.00 bits per heavy atom. The summed E-state index contributed by atoms with van der Waals surface area (Å²) in [4.78, 5) is 0. The molecule has 0 heterocycles. The third-order valence-corrected chi connectivity index (χ3v) is 3.09. The van der Waals surface area contributed by atoms with Crippen molar-refractivity contribution in [3.8, 4) is 0 Å². The molecule has 0 radical (unpaired) electrons. The Morgan fingerprint density at radius 3 is 2.65 bits per heavy atom. The zero-order chi connectivity index (χ0) is 12.5. The molecule has 0 bridgehead atoms. The third kappa shape index (κ3) is 5.04. The fourth-order valence-corrected chi connectivity index (χ4v) is 2.04. The molecule has 96 valence electrons. The van der Waals surface area contributed by atoms with E-state index in [4.69, 9.17) is 22.4 Å². The summed E-state index contributed by atoms with van der Waals surface area (Å²) in [6, 6.07) is 7.88. The molecule has 1 aromatic carbocycles. The van der Waals surface area contributed by atoms with Crippen LogP contribution in [0.15, 0.2) is 24.3 Å². The maximum Gasteiger partial charge on any atom is 0.0459 e. The first kappa shape index (κ1) is 14.5. The largest absolute Gasteiger partial charge is 0.396 e. The number of unbranched alkanes of at least 4 members (excludes halogenated alkanes) is 2. The highest BCUT2D eigenvalue weighted by molar-refractivity contribution is 6.31. The van der Waals surface area contributed by atoms with Gasteiger partial charge in [-0.05, 0) is 37.4 Å². The van der Waals surface area contributed by atoms with E-state index in [2.05, 4.69) is 5.32 Å². The average Bonchev–Trinajstić information content (AvgIpc) is 2.35. The van der Waals surface area contributed by atoms with Gasteiger partial charge in [0, 0.05) is 24.2 Å². The second kappa shape index (κ2) is 8.48. The van der Waals surface area contributed by atoms with Crippen molar-refractivity contribution < 1.29 is 5.11 Å². The van der Waals surface area contributed by atoms with Gasteiger partial charge < -0.3 is 16.2 Å². The molecule has 0 aliphatic carbocycles. The lowest BCUT2D eigenvalue weighted by atomic mass is 10.1. The minimum Gasteiger partial charge on any atom is -0.396 e.